The van der Waals surface area contributed by atoms with Crippen LogP contribution in [0.4, 0.5) is 0 Å². The van der Waals surface area contributed by atoms with Crippen LogP contribution in [-0.2, 0) is 0 Å². The highest BCUT2D eigenvalue weighted by atomic mass is 79.9. The Bertz CT molecular complexity index is 753. The van der Waals surface area contributed by atoms with Gasteiger partial charge in [0.2, 0.25) is 0 Å². The van der Waals surface area contributed by atoms with Crippen LogP contribution < -0.4 is 0 Å². The van der Waals surface area contributed by atoms with Crippen LogP contribution >= 0.6 is 27.7 Å². The monoisotopic (exact) mass is 328 g/mol. The number of aromatic amines is 1. The van der Waals surface area contributed by atoms with Gasteiger partial charge in [0.1, 0.15) is 6.07 Å². The smallest absolute Gasteiger partial charge is 0.100 e. The topological polar surface area (TPSA) is 39.6 Å². The van der Waals surface area contributed by atoms with Crippen LogP contribution in [-0.4, -0.2) is 4.98 Å². The van der Waals surface area contributed by atoms with Crippen molar-refractivity contribution < 1.29 is 0 Å². The first-order valence-corrected chi connectivity index (χ1v) is 7.32. The molecule has 0 bridgehead atoms. The number of H-pyrrole nitrogens is 1. The molecule has 0 amide bonds. The van der Waals surface area contributed by atoms with Crippen molar-refractivity contribution in [3.8, 4) is 6.07 Å². The molecule has 0 fully saturated rings. The van der Waals surface area contributed by atoms with Gasteiger partial charge in [-0.05, 0) is 46.3 Å². The summed E-state index contributed by atoms with van der Waals surface area (Å²) in [6.07, 6.45) is 0. The summed E-state index contributed by atoms with van der Waals surface area (Å²) in [6, 6.07) is 18.2. The standard InChI is InChI=1S/C15H9BrN2S/c16-13-8-12(6-5-11(13)9-17)19-15-7-10-3-1-2-4-14(10)18-15/h1-8,18H. The van der Waals surface area contributed by atoms with Crippen LogP contribution in [0.3, 0.4) is 0 Å². The molecule has 0 radical (unpaired) electrons. The van der Waals surface area contributed by atoms with Gasteiger partial charge < -0.3 is 4.98 Å². The number of nitrogens with one attached hydrogen (secondary N) is 1. The lowest BCUT2D eigenvalue weighted by molar-refractivity contribution is 1.23. The first-order chi connectivity index (χ1) is 9.26. The molecule has 0 atom stereocenters. The van der Waals surface area contributed by atoms with E-state index in [0.717, 1.165) is 19.9 Å². The van der Waals surface area contributed by atoms with Gasteiger partial charge in [0.05, 0.1) is 10.6 Å². The Balaban J connectivity index is 1.92. The highest BCUT2D eigenvalue weighted by molar-refractivity contribution is 9.10. The van der Waals surface area contributed by atoms with Crippen molar-refractivity contribution in [1.29, 1.82) is 5.26 Å². The Morgan fingerprint density at radius 3 is 2.68 bits per heavy atom. The highest BCUT2D eigenvalue weighted by Gasteiger charge is 2.05. The number of hydrogen-bond acceptors (Lipinski definition) is 2. The SMILES string of the molecule is N#Cc1ccc(Sc2cc3ccccc3[nH]2)cc1Br. The molecule has 0 aliphatic heterocycles. The average Bonchev–Trinajstić information content (AvgIpc) is 2.81. The number of para-hydroxylation sites is 1. The lowest BCUT2D eigenvalue weighted by atomic mass is 10.2. The summed E-state index contributed by atoms with van der Waals surface area (Å²) in [5, 5.41) is 11.2. The Kier molecular flexibility index (Phi) is 3.33. The third-order valence-electron chi connectivity index (χ3n) is 2.79. The summed E-state index contributed by atoms with van der Waals surface area (Å²) in [7, 11) is 0. The summed E-state index contributed by atoms with van der Waals surface area (Å²) in [5.41, 5.74) is 1.79. The van der Waals surface area contributed by atoms with Crippen LogP contribution in [0.5, 0.6) is 0 Å². The Hall–Kier alpha value is -1.70. The molecule has 0 saturated heterocycles. The molecule has 4 heteroatoms. The van der Waals surface area contributed by atoms with Crippen LogP contribution in [0, 0.1) is 11.3 Å². The van der Waals surface area contributed by atoms with Crippen molar-refractivity contribution in [3.63, 3.8) is 0 Å². The van der Waals surface area contributed by atoms with E-state index in [1.807, 2.05) is 30.3 Å². The van der Waals surface area contributed by atoms with Crippen molar-refractivity contribution in [2.45, 2.75) is 9.92 Å². The third kappa shape index (κ3) is 2.53. The molecule has 19 heavy (non-hydrogen) atoms. The zero-order valence-corrected chi connectivity index (χ0v) is 12.3. The minimum absolute atomic E-state index is 0.654. The van der Waals surface area contributed by atoms with Crippen LogP contribution in [0.1, 0.15) is 5.56 Å². The van der Waals surface area contributed by atoms with E-state index in [9.17, 15) is 0 Å². The van der Waals surface area contributed by atoms with Gasteiger partial charge in [0.25, 0.3) is 0 Å². The van der Waals surface area contributed by atoms with Crippen molar-refractivity contribution in [2.24, 2.45) is 0 Å². The maximum absolute atomic E-state index is 8.90. The molecule has 2 aromatic carbocycles. The average molecular weight is 329 g/mol. The summed E-state index contributed by atoms with van der Waals surface area (Å²) in [5.74, 6) is 0. The molecule has 0 aliphatic carbocycles. The number of aromatic nitrogens is 1. The second kappa shape index (κ2) is 5.12. The molecule has 3 aromatic rings. The Labute approximate surface area is 123 Å². The predicted octanol–water partition coefficient (Wildman–Crippen LogP) is 4.95. The molecule has 1 N–H and O–H groups in total. The summed E-state index contributed by atoms with van der Waals surface area (Å²) in [4.78, 5) is 4.47. The molecule has 2 nitrogen and oxygen atoms in total. The van der Waals surface area contributed by atoms with Crippen molar-refractivity contribution in [1.82, 2.24) is 4.98 Å². The number of fused-ring (bicyclic) bond motifs is 1. The van der Waals surface area contributed by atoms with Crippen molar-refractivity contribution >= 4 is 38.6 Å². The van der Waals surface area contributed by atoms with Gasteiger partial charge in [-0.15, -0.1) is 0 Å². The Morgan fingerprint density at radius 1 is 1.11 bits per heavy atom. The summed E-state index contributed by atoms with van der Waals surface area (Å²) < 4.78 is 0.830. The second-order valence-corrected chi connectivity index (χ2v) is 6.05. The lowest BCUT2D eigenvalue weighted by Crippen LogP contribution is -1.79. The van der Waals surface area contributed by atoms with E-state index < -0.39 is 0 Å². The van der Waals surface area contributed by atoms with E-state index in [0.29, 0.717) is 5.56 Å². The largest absolute Gasteiger partial charge is 0.349 e. The maximum Gasteiger partial charge on any atom is 0.100 e. The Morgan fingerprint density at radius 2 is 1.95 bits per heavy atom. The van der Waals surface area contributed by atoms with E-state index in [1.54, 1.807) is 11.8 Å². The molecule has 3 rings (SSSR count). The van der Waals surface area contributed by atoms with E-state index in [1.165, 1.54) is 5.39 Å². The van der Waals surface area contributed by atoms with E-state index >= 15 is 0 Å². The van der Waals surface area contributed by atoms with Crippen molar-refractivity contribution in [2.75, 3.05) is 0 Å². The summed E-state index contributed by atoms with van der Waals surface area (Å²) in [6.45, 7) is 0. The summed E-state index contributed by atoms with van der Waals surface area (Å²) >= 11 is 5.06. The predicted molar refractivity (Wildman–Crippen MR) is 81.3 cm³/mol. The molecule has 0 saturated carbocycles. The zero-order chi connectivity index (χ0) is 13.2. The van der Waals surface area contributed by atoms with Gasteiger partial charge >= 0.3 is 0 Å². The number of nitriles is 1. The first-order valence-electron chi connectivity index (χ1n) is 5.71. The van der Waals surface area contributed by atoms with Crippen molar-refractivity contribution in [3.05, 3.63) is 58.6 Å². The van der Waals surface area contributed by atoms with E-state index in [-0.39, 0.29) is 0 Å². The molecule has 0 spiro atoms. The minimum atomic E-state index is 0.654. The zero-order valence-electron chi connectivity index (χ0n) is 9.85. The van der Waals surface area contributed by atoms with Gasteiger partial charge in [-0.2, -0.15) is 5.26 Å². The highest BCUT2D eigenvalue weighted by Crippen LogP contribution is 2.32. The van der Waals surface area contributed by atoms with Crippen LogP contribution in [0.2, 0.25) is 0 Å². The molecule has 0 unspecified atom stereocenters. The number of benzene rings is 2. The molecular formula is C15H9BrN2S. The third-order valence-corrected chi connectivity index (χ3v) is 4.38. The number of halogens is 1. The maximum atomic E-state index is 8.90. The quantitative estimate of drug-likeness (QED) is 0.722. The molecule has 1 aromatic heterocycles. The molecule has 0 aliphatic rings. The van der Waals surface area contributed by atoms with Gasteiger partial charge in [-0.3, -0.25) is 0 Å². The number of rotatable bonds is 2. The molecule has 92 valence electrons. The fraction of sp³-hybridized carbons (Fsp3) is 0. The van der Waals surface area contributed by atoms with Gasteiger partial charge in [-0.1, -0.05) is 30.0 Å². The van der Waals surface area contributed by atoms with Gasteiger partial charge in [0.15, 0.2) is 0 Å². The molecule has 1 heterocycles. The van der Waals surface area contributed by atoms with E-state index in [2.05, 4.69) is 45.2 Å². The minimum Gasteiger partial charge on any atom is -0.349 e. The molecular weight excluding hydrogens is 320 g/mol. The number of nitrogens with zero attached hydrogens (tertiary/aromatic N) is 1. The first kappa shape index (κ1) is 12.3. The van der Waals surface area contributed by atoms with Crippen LogP contribution in [0.15, 0.2) is 62.9 Å². The van der Waals surface area contributed by atoms with Gasteiger partial charge in [-0.25, -0.2) is 0 Å². The number of hydrogen-bond donors (Lipinski definition) is 1. The lowest BCUT2D eigenvalue weighted by Gasteiger charge is -2.01. The fourth-order valence-electron chi connectivity index (χ4n) is 1.88. The fourth-order valence-corrected chi connectivity index (χ4v) is 3.41. The van der Waals surface area contributed by atoms with Gasteiger partial charge in [0, 0.05) is 20.3 Å². The van der Waals surface area contributed by atoms with Crippen LogP contribution in [0.25, 0.3) is 10.9 Å². The van der Waals surface area contributed by atoms with E-state index in [4.69, 9.17) is 5.26 Å². The normalized spacial score (nSPS) is 10.5. The second-order valence-electron chi connectivity index (χ2n) is 4.08.